The fourth-order valence-corrected chi connectivity index (χ4v) is 2.42. The number of nitriles is 1. The Hall–Kier alpha value is -1.77. The molecule has 0 aliphatic heterocycles. The van der Waals surface area contributed by atoms with Gasteiger partial charge < -0.3 is 19.9 Å². The summed E-state index contributed by atoms with van der Waals surface area (Å²) in [5.41, 5.74) is 6.40. The molecule has 0 bridgehead atoms. The summed E-state index contributed by atoms with van der Waals surface area (Å²) in [7, 11) is 1.61. The number of nitrogens with zero attached hydrogens (tertiary/aromatic N) is 1. The van der Waals surface area contributed by atoms with E-state index >= 15 is 0 Å². The molecule has 1 aliphatic rings. The quantitative estimate of drug-likeness (QED) is 0.813. The van der Waals surface area contributed by atoms with Gasteiger partial charge in [-0.05, 0) is 37.8 Å². The van der Waals surface area contributed by atoms with Crippen molar-refractivity contribution >= 4 is 0 Å². The summed E-state index contributed by atoms with van der Waals surface area (Å²) >= 11 is 0. The Morgan fingerprint density at radius 1 is 1.24 bits per heavy atom. The zero-order valence-corrected chi connectivity index (χ0v) is 12.4. The maximum atomic E-state index is 9.10. The Kier molecular flexibility index (Phi) is 5.85. The van der Waals surface area contributed by atoms with Crippen LogP contribution in [-0.2, 0) is 4.74 Å². The smallest absolute Gasteiger partial charge is 0.140 e. The minimum Gasteiger partial charge on any atom is -0.490 e. The van der Waals surface area contributed by atoms with Crippen LogP contribution in [0.4, 0.5) is 0 Å². The van der Waals surface area contributed by atoms with Gasteiger partial charge in [-0.3, -0.25) is 0 Å². The summed E-state index contributed by atoms with van der Waals surface area (Å²) in [4.78, 5) is 0. The molecule has 21 heavy (non-hydrogen) atoms. The van der Waals surface area contributed by atoms with E-state index in [1.807, 2.05) is 6.07 Å². The van der Waals surface area contributed by atoms with E-state index in [-0.39, 0.29) is 6.10 Å². The summed E-state index contributed by atoms with van der Waals surface area (Å²) in [5.74, 6) is 1.28. The molecule has 1 aliphatic carbocycles. The van der Waals surface area contributed by atoms with Gasteiger partial charge in [0.25, 0.3) is 0 Å². The lowest BCUT2D eigenvalue weighted by atomic mass is 9.94. The summed E-state index contributed by atoms with van der Waals surface area (Å²) < 4.78 is 16.5. The number of hydrogen-bond acceptors (Lipinski definition) is 5. The Bertz CT molecular complexity index is 491. The average Bonchev–Trinajstić information content (AvgIpc) is 2.50. The van der Waals surface area contributed by atoms with Crippen LogP contribution in [0.25, 0.3) is 0 Å². The molecule has 5 heteroatoms. The third-order valence-electron chi connectivity index (χ3n) is 3.64. The molecule has 5 nitrogen and oxygen atoms in total. The normalized spacial score (nSPS) is 21.6. The molecule has 0 aromatic heterocycles. The van der Waals surface area contributed by atoms with Gasteiger partial charge in [-0.2, -0.15) is 5.26 Å². The van der Waals surface area contributed by atoms with Gasteiger partial charge in [0, 0.05) is 19.2 Å². The van der Waals surface area contributed by atoms with Crippen LogP contribution in [0, 0.1) is 11.3 Å². The van der Waals surface area contributed by atoms with Crippen LogP contribution in [0.2, 0.25) is 0 Å². The molecule has 1 aromatic carbocycles. The number of rotatable bonds is 6. The van der Waals surface area contributed by atoms with Gasteiger partial charge in [-0.15, -0.1) is 0 Å². The van der Waals surface area contributed by atoms with E-state index in [9.17, 15) is 0 Å². The van der Waals surface area contributed by atoms with Gasteiger partial charge in [0.2, 0.25) is 0 Å². The van der Waals surface area contributed by atoms with Crippen LogP contribution in [-0.4, -0.2) is 32.5 Å². The van der Waals surface area contributed by atoms with Gasteiger partial charge >= 0.3 is 0 Å². The van der Waals surface area contributed by atoms with Crippen LogP contribution >= 0.6 is 0 Å². The number of benzene rings is 1. The second kappa shape index (κ2) is 7.87. The van der Waals surface area contributed by atoms with Crippen molar-refractivity contribution in [3.63, 3.8) is 0 Å². The van der Waals surface area contributed by atoms with Crippen LogP contribution < -0.4 is 15.2 Å². The maximum Gasteiger partial charge on any atom is 0.140 e. The lowest BCUT2D eigenvalue weighted by Crippen LogP contribution is -2.31. The Balaban J connectivity index is 1.99. The predicted octanol–water partition coefficient (Wildman–Crippen LogP) is 2.23. The fraction of sp³-hybridized carbons (Fsp3) is 0.562. The van der Waals surface area contributed by atoms with Crippen molar-refractivity contribution in [3.8, 4) is 17.6 Å². The molecule has 2 rings (SSSR count). The van der Waals surface area contributed by atoms with Crippen molar-refractivity contribution < 1.29 is 14.2 Å². The summed E-state index contributed by atoms with van der Waals surface area (Å²) in [5, 5.41) is 9.10. The number of nitrogens with two attached hydrogens (primary N) is 1. The predicted molar refractivity (Wildman–Crippen MR) is 79.4 cm³/mol. The highest BCUT2D eigenvalue weighted by Crippen LogP contribution is 2.28. The van der Waals surface area contributed by atoms with Gasteiger partial charge in [-0.1, -0.05) is 0 Å². The number of hydrogen-bond donors (Lipinski definition) is 1. The number of ether oxygens (including phenoxy) is 3. The SMILES string of the molecule is COCCOc1cc(O[C@H]2CC[C@H](N)CC2)ccc1C#N. The Morgan fingerprint density at radius 3 is 2.67 bits per heavy atom. The zero-order valence-electron chi connectivity index (χ0n) is 12.4. The van der Waals surface area contributed by atoms with Crippen LogP contribution in [0.1, 0.15) is 31.2 Å². The lowest BCUT2D eigenvalue weighted by Gasteiger charge is -2.27. The lowest BCUT2D eigenvalue weighted by molar-refractivity contribution is 0.140. The van der Waals surface area contributed by atoms with E-state index in [1.165, 1.54) is 0 Å². The van der Waals surface area contributed by atoms with E-state index in [1.54, 1.807) is 19.2 Å². The summed E-state index contributed by atoms with van der Waals surface area (Å²) in [6, 6.07) is 7.75. The highest BCUT2D eigenvalue weighted by Gasteiger charge is 2.20. The van der Waals surface area contributed by atoms with E-state index < -0.39 is 0 Å². The zero-order chi connectivity index (χ0) is 15.1. The molecular formula is C16H22N2O3. The summed E-state index contributed by atoms with van der Waals surface area (Å²) in [6.45, 7) is 0.892. The summed E-state index contributed by atoms with van der Waals surface area (Å²) in [6.07, 6.45) is 4.14. The molecule has 0 saturated heterocycles. The fourth-order valence-electron chi connectivity index (χ4n) is 2.42. The number of methoxy groups -OCH3 is 1. The molecule has 2 N–H and O–H groups in total. The first kappa shape index (κ1) is 15.6. The Morgan fingerprint density at radius 2 is 2.00 bits per heavy atom. The van der Waals surface area contributed by atoms with E-state index in [2.05, 4.69) is 6.07 Å². The largest absolute Gasteiger partial charge is 0.490 e. The van der Waals surface area contributed by atoms with Crippen LogP contribution in [0.5, 0.6) is 11.5 Å². The third-order valence-corrected chi connectivity index (χ3v) is 3.64. The first-order valence-corrected chi connectivity index (χ1v) is 7.31. The molecule has 1 saturated carbocycles. The van der Waals surface area contributed by atoms with Crippen molar-refractivity contribution in [1.82, 2.24) is 0 Å². The maximum absolute atomic E-state index is 9.10. The minimum absolute atomic E-state index is 0.199. The Labute approximate surface area is 125 Å². The highest BCUT2D eigenvalue weighted by molar-refractivity contribution is 5.47. The monoisotopic (exact) mass is 290 g/mol. The van der Waals surface area contributed by atoms with Crippen molar-refractivity contribution in [2.24, 2.45) is 5.73 Å². The molecule has 1 fully saturated rings. The highest BCUT2D eigenvalue weighted by atomic mass is 16.5. The molecule has 0 radical (unpaired) electrons. The molecule has 0 heterocycles. The molecule has 114 valence electrons. The van der Waals surface area contributed by atoms with E-state index in [0.717, 1.165) is 31.4 Å². The van der Waals surface area contributed by atoms with Gasteiger partial charge in [0.1, 0.15) is 24.2 Å². The van der Waals surface area contributed by atoms with Crippen LogP contribution in [0.3, 0.4) is 0 Å². The first-order chi connectivity index (χ1) is 10.2. The first-order valence-electron chi connectivity index (χ1n) is 7.31. The van der Waals surface area contributed by atoms with Gasteiger partial charge in [0.15, 0.2) is 0 Å². The van der Waals surface area contributed by atoms with Crippen LogP contribution in [0.15, 0.2) is 18.2 Å². The molecule has 0 unspecified atom stereocenters. The molecule has 0 spiro atoms. The van der Waals surface area contributed by atoms with Gasteiger partial charge in [0.05, 0.1) is 18.3 Å². The van der Waals surface area contributed by atoms with Crippen molar-refractivity contribution in [3.05, 3.63) is 23.8 Å². The average molecular weight is 290 g/mol. The molecule has 0 amide bonds. The second-order valence-electron chi connectivity index (χ2n) is 5.27. The van der Waals surface area contributed by atoms with Crippen molar-refractivity contribution in [2.75, 3.05) is 20.3 Å². The second-order valence-corrected chi connectivity index (χ2v) is 5.27. The van der Waals surface area contributed by atoms with E-state index in [4.69, 9.17) is 25.2 Å². The topological polar surface area (TPSA) is 77.5 Å². The van der Waals surface area contributed by atoms with E-state index in [0.29, 0.717) is 30.6 Å². The third kappa shape index (κ3) is 4.62. The molecule has 0 atom stereocenters. The van der Waals surface area contributed by atoms with Crippen molar-refractivity contribution in [1.29, 1.82) is 5.26 Å². The standard InChI is InChI=1S/C16H22N2O3/c1-19-8-9-20-16-10-15(5-2-12(16)11-17)21-14-6-3-13(18)4-7-14/h2,5,10,13-14H,3-4,6-9,18H2,1H3/t13-,14-. The van der Waals surface area contributed by atoms with Gasteiger partial charge in [-0.25, -0.2) is 0 Å². The molecular weight excluding hydrogens is 268 g/mol. The van der Waals surface area contributed by atoms with Crippen molar-refractivity contribution in [2.45, 2.75) is 37.8 Å². The minimum atomic E-state index is 0.199. The molecule has 1 aromatic rings.